The number of carboxylic acids is 1. The smallest absolute Gasteiger partial charge is 0.328 e. The standard InChI is InChI=1S/C15H20N2O3/c1-11-4-5-12(6-7-14(18)19)10-13(11)15(20)16-8-9-17(2)3/h4-7,10H,8-9H2,1-3H3,(H,16,20)(H,18,19). The first-order valence-corrected chi connectivity index (χ1v) is 6.34. The lowest BCUT2D eigenvalue weighted by atomic mass is 10.0. The fraction of sp³-hybridized carbons (Fsp3) is 0.333. The van der Waals surface area contributed by atoms with Gasteiger partial charge in [0.25, 0.3) is 5.91 Å². The summed E-state index contributed by atoms with van der Waals surface area (Å²) in [5.41, 5.74) is 2.12. The first-order valence-electron chi connectivity index (χ1n) is 6.34. The third-order valence-electron chi connectivity index (χ3n) is 2.77. The summed E-state index contributed by atoms with van der Waals surface area (Å²) in [6.07, 6.45) is 2.52. The summed E-state index contributed by atoms with van der Waals surface area (Å²) in [6, 6.07) is 5.29. The molecule has 1 aromatic carbocycles. The molecule has 2 N–H and O–H groups in total. The van der Waals surface area contributed by atoms with Crippen molar-refractivity contribution in [2.45, 2.75) is 6.92 Å². The van der Waals surface area contributed by atoms with Gasteiger partial charge in [-0.3, -0.25) is 4.79 Å². The fourth-order valence-electron chi connectivity index (χ4n) is 1.64. The zero-order chi connectivity index (χ0) is 15.1. The normalized spacial score (nSPS) is 11.0. The van der Waals surface area contributed by atoms with Crippen molar-refractivity contribution < 1.29 is 14.7 Å². The van der Waals surface area contributed by atoms with Crippen LogP contribution in [0.5, 0.6) is 0 Å². The quantitative estimate of drug-likeness (QED) is 0.770. The highest BCUT2D eigenvalue weighted by Crippen LogP contribution is 2.12. The van der Waals surface area contributed by atoms with Gasteiger partial charge in [-0.2, -0.15) is 0 Å². The first-order chi connectivity index (χ1) is 9.40. The minimum absolute atomic E-state index is 0.144. The molecule has 0 radical (unpaired) electrons. The molecule has 0 aliphatic rings. The van der Waals surface area contributed by atoms with Crippen LogP contribution in [-0.4, -0.2) is 49.1 Å². The lowest BCUT2D eigenvalue weighted by Gasteiger charge is -2.12. The molecule has 1 aromatic rings. The predicted octanol–water partition coefficient (Wildman–Crippen LogP) is 1.38. The molecule has 0 atom stereocenters. The van der Waals surface area contributed by atoms with Crippen LogP contribution in [0.1, 0.15) is 21.5 Å². The number of aliphatic carboxylic acids is 1. The van der Waals surface area contributed by atoms with Gasteiger partial charge in [-0.1, -0.05) is 12.1 Å². The fourth-order valence-corrected chi connectivity index (χ4v) is 1.64. The van der Waals surface area contributed by atoms with Crippen molar-refractivity contribution in [2.75, 3.05) is 27.2 Å². The Balaban J connectivity index is 2.80. The maximum atomic E-state index is 12.1. The van der Waals surface area contributed by atoms with Gasteiger partial charge in [0.05, 0.1) is 0 Å². The topological polar surface area (TPSA) is 69.6 Å². The maximum Gasteiger partial charge on any atom is 0.328 e. The third-order valence-corrected chi connectivity index (χ3v) is 2.77. The van der Waals surface area contributed by atoms with Crippen LogP contribution in [0.15, 0.2) is 24.3 Å². The number of rotatable bonds is 6. The minimum Gasteiger partial charge on any atom is -0.478 e. The molecule has 0 spiro atoms. The van der Waals surface area contributed by atoms with Crippen LogP contribution in [0, 0.1) is 6.92 Å². The Hall–Kier alpha value is -2.14. The second kappa shape index (κ2) is 7.45. The Labute approximate surface area is 118 Å². The van der Waals surface area contributed by atoms with Crippen molar-refractivity contribution in [3.63, 3.8) is 0 Å². The highest BCUT2D eigenvalue weighted by molar-refractivity contribution is 5.96. The number of carbonyl (C=O) groups is 2. The molecule has 5 nitrogen and oxygen atoms in total. The molecule has 0 bridgehead atoms. The molecule has 0 saturated heterocycles. The Kier molecular flexibility index (Phi) is 5.93. The van der Waals surface area contributed by atoms with E-state index in [0.29, 0.717) is 17.7 Å². The Morgan fingerprint density at radius 2 is 2.05 bits per heavy atom. The molecule has 0 aliphatic carbocycles. The molecule has 1 amide bonds. The van der Waals surface area contributed by atoms with E-state index in [4.69, 9.17) is 5.11 Å². The van der Waals surface area contributed by atoms with E-state index in [1.165, 1.54) is 6.08 Å². The van der Waals surface area contributed by atoms with E-state index in [9.17, 15) is 9.59 Å². The number of aryl methyl sites for hydroxylation is 1. The second-order valence-corrected chi connectivity index (χ2v) is 4.81. The average molecular weight is 276 g/mol. The number of carboxylic acid groups (broad SMARTS) is 1. The largest absolute Gasteiger partial charge is 0.478 e. The number of hydrogen-bond acceptors (Lipinski definition) is 3. The summed E-state index contributed by atoms with van der Waals surface area (Å²) >= 11 is 0. The Bertz CT molecular complexity index is 522. The number of carbonyl (C=O) groups excluding carboxylic acids is 1. The van der Waals surface area contributed by atoms with Crippen molar-refractivity contribution in [3.05, 3.63) is 41.0 Å². The summed E-state index contributed by atoms with van der Waals surface area (Å²) in [4.78, 5) is 24.5. The van der Waals surface area contributed by atoms with Crippen molar-refractivity contribution in [1.29, 1.82) is 0 Å². The minimum atomic E-state index is -1.01. The molecule has 0 saturated carbocycles. The van der Waals surface area contributed by atoms with E-state index in [-0.39, 0.29) is 5.91 Å². The highest BCUT2D eigenvalue weighted by Gasteiger charge is 2.09. The SMILES string of the molecule is Cc1ccc(C=CC(=O)O)cc1C(=O)NCCN(C)C. The Morgan fingerprint density at radius 3 is 2.65 bits per heavy atom. The zero-order valence-corrected chi connectivity index (χ0v) is 12.0. The molecule has 20 heavy (non-hydrogen) atoms. The summed E-state index contributed by atoms with van der Waals surface area (Å²) in [5.74, 6) is -1.16. The monoisotopic (exact) mass is 276 g/mol. The van der Waals surface area contributed by atoms with Crippen LogP contribution in [-0.2, 0) is 4.79 Å². The summed E-state index contributed by atoms with van der Waals surface area (Å²) < 4.78 is 0. The van der Waals surface area contributed by atoms with Gasteiger partial charge in [0.2, 0.25) is 0 Å². The molecular weight excluding hydrogens is 256 g/mol. The average Bonchev–Trinajstić information content (AvgIpc) is 2.37. The van der Waals surface area contributed by atoms with E-state index >= 15 is 0 Å². The molecule has 5 heteroatoms. The van der Waals surface area contributed by atoms with Crippen LogP contribution in [0.2, 0.25) is 0 Å². The highest BCUT2D eigenvalue weighted by atomic mass is 16.4. The van der Waals surface area contributed by atoms with E-state index in [0.717, 1.165) is 18.2 Å². The van der Waals surface area contributed by atoms with Gasteiger partial charge in [0, 0.05) is 24.7 Å². The molecule has 0 fully saturated rings. The lowest BCUT2D eigenvalue weighted by Crippen LogP contribution is -2.31. The van der Waals surface area contributed by atoms with Crippen LogP contribution >= 0.6 is 0 Å². The molecule has 1 rings (SSSR count). The number of likely N-dealkylation sites (N-methyl/N-ethyl adjacent to an activating group) is 1. The first kappa shape index (κ1) is 15.9. The number of amides is 1. The van der Waals surface area contributed by atoms with Crippen LogP contribution in [0.25, 0.3) is 6.08 Å². The molecular formula is C15H20N2O3. The number of hydrogen-bond donors (Lipinski definition) is 2. The number of benzene rings is 1. The van der Waals surface area contributed by atoms with Crippen LogP contribution in [0.3, 0.4) is 0 Å². The van der Waals surface area contributed by atoms with Gasteiger partial charge < -0.3 is 15.3 Å². The van der Waals surface area contributed by atoms with E-state index in [2.05, 4.69) is 5.32 Å². The molecule has 0 aliphatic heterocycles. The lowest BCUT2D eigenvalue weighted by molar-refractivity contribution is -0.131. The third kappa shape index (κ3) is 5.24. The van der Waals surface area contributed by atoms with Crippen molar-refractivity contribution >= 4 is 18.0 Å². The predicted molar refractivity (Wildman–Crippen MR) is 78.7 cm³/mol. The summed E-state index contributed by atoms with van der Waals surface area (Å²) in [7, 11) is 3.88. The van der Waals surface area contributed by atoms with Crippen LogP contribution < -0.4 is 5.32 Å². The summed E-state index contributed by atoms with van der Waals surface area (Å²) in [5, 5.41) is 11.4. The molecule has 0 heterocycles. The number of nitrogens with one attached hydrogen (secondary N) is 1. The maximum absolute atomic E-state index is 12.1. The summed E-state index contributed by atoms with van der Waals surface area (Å²) in [6.45, 7) is 3.19. The Morgan fingerprint density at radius 1 is 1.35 bits per heavy atom. The van der Waals surface area contributed by atoms with Gasteiger partial charge in [0.1, 0.15) is 0 Å². The van der Waals surface area contributed by atoms with Crippen molar-refractivity contribution in [2.24, 2.45) is 0 Å². The van der Waals surface area contributed by atoms with Gasteiger partial charge in [0.15, 0.2) is 0 Å². The van der Waals surface area contributed by atoms with Gasteiger partial charge >= 0.3 is 5.97 Å². The van der Waals surface area contributed by atoms with Crippen molar-refractivity contribution in [1.82, 2.24) is 10.2 Å². The second-order valence-electron chi connectivity index (χ2n) is 4.81. The van der Waals surface area contributed by atoms with Gasteiger partial charge in [-0.05, 0) is 44.3 Å². The van der Waals surface area contributed by atoms with Gasteiger partial charge in [-0.25, -0.2) is 4.79 Å². The zero-order valence-electron chi connectivity index (χ0n) is 12.0. The van der Waals surface area contributed by atoms with E-state index < -0.39 is 5.97 Å². The van der Waals surface area contributed by atoms with E-state index in [1.54, 1.807) is 12.1 Å². The molecule has 0 aromatic heterocycles. The molecule has 0 unspecified atom stereocenters. The van der Waals surface area contributed by atoms with E-state index in [1.807, 2.05) is 32.0 Å². The van der Waals surface area contributed by atoms with Crippen molar-refractivity contribution in [3.8, 4) is 0 Å². The molecule has 108 valence electrons. The number of nitrogens with zero attached hydrogens (tertiary/aromatic N) is 1. The van der Waals surface area contributed by atoms with Crippen LogP contribution in [0.4, 0.5) is 0 Å². The van der Waals surface area contributed by atoms with Gasteiger partial charge in [-0.15, -0.1) is 0 Å².